The minimum atomic E-state index is -0.454. The Balaban J connectivity index is 2.01. The van der Waals surface area contributed by atoms with Gasteiger partial charge < -0.3 is 14.2 Å². The van der Waals surface area contributed by atoms with E-state index in [0.29, 0.717) is 34.9 Å². The van der Waals surface area contributed by atoms with Crippen LogP contribution in [0.1, 0.15) is 30.1 Å². The molecule has 7 nitrogen and oxygen atoms in total. The van der Waals surface area contributed by atoms with Crippen LogP contribution in [0.2, 0.25) is 0 Å². The predicted molar refractivity (Wildman–Crippen MR) is 113 cm³/mol. The van der Waals surface area contributed by atoms with Crippen LogP contribution in [0.25, 0.3) is 5.69 Å². The third-order valence-electron chi connectivity index (χ3n) is 4.40. The number of aromatic nitrogens is 2. The van der Waals surface area contributed by atoms with Crippen molar-refractivity contribution < 1.29 is 19.0 Å². The van der Waals surface area contributed by atoms with Gasteiger partial charge in [0.15, 0.2) is 11.5 Å². The zero-order chi connectivity index (χ0) is 21.3. The van der Waals surface area contributed by atoms with Crippen LogP contribution in [0.4, 0.5) is 0 Å². The van der Waals surface area contributed by atoms with E-state index in [-0.39, 0.29) is 0 Å². The summed E-state index contributed by atoms with van der Waals surface area (Å²) >= 11 is 0. The summed E-state index contributed by atoms with van der Waals surface area (Å²) in [7, 11) is 3.01. The monoisotopic (exact) mass is 407 g/mol. The Kier molecular flexibility index (Phi) is 7.21. The fourth-order valence-electron chi connectivity index (χ4n) is 2.88. The van der Waals surface area contributed by atoms with E-state index in [1.807, 2.05) is 30.3 Å². The zero-order valence-electron chi connectivity index (χ0n) is 17.4. The minimum absolute atomic E-state index is 0.310. The first kappa shape index (κ1) is 21.1. The van der Waals surface area contributed by atoms with Crippen LogP contribution < -0.4 is 19.6 Å². The van der Waals surface area contributed by atoms with Crippen molar-refractivity contribution >= 4 is 5.91 Å². The Morgan fingerprint density at radius 3 is 2.57 bits per heavy atom. The Morgan fingerprint density at radius 1 is 1.07 bits per heavy atom. The van der Waals surface area contributed by atoms with Gasteiger partial charge in [-0.15, -0.1) is 0 Å². The second kappa shape index (κ2) is 10.2. The standard InChI is InChI=1S/C23H25N3O4/c1-4-5-14-30-21-15-17(16-24-26(21)18-10-7-6-8-11-18)25-23(27)19-12-9-13-20(28-2)22(19)29-3/h6-13,15-16H,4-5,14H2,1-3H3. The molecule has 0 fully saturated rings. The summed E-state index contributed by atoms with van der Waals surface area (Å²) in [5.41, 5.74) is 1.17. The Labute approximate surface area is 175 Å². The van der Waals surface area contributed by atoms with E-state index in [1.165, 1.54) is 20.4 Å². The summed E-state index contributed by atoms with van der Waals surface area (Å²) in [4.78, 5) is 17.0. The number of carbonyl (C=O) groups is 1. The van der Waals surface area contributed by atoms with E-state index in [4.69, 9.17) is 14.2 Å². The van der Waals surface area contributed by atoms with Gasteiger partial charge in [0, 0.05) is 6.07 Å². The molecule has 0 bridgehead atoms. The number of carbonyl (C=O) groups excluding carboxylic acids is 1. The number of ether oxygens (including phenoxy) is 3. The van der Waals surface area contributed by atoms with Crippen molar-refractivity contribution in [2.24, 2.45) is 4.99 Å². The number of unbranched alkanes of at least 4 members (excludes halogenated alkanes) is 1. The molecule has 0 spiro atoms. The van der Waals surface area contributed by atoms with Gasteiger partial charge in [0.1, 0.15) is 0 Å². The number of nitrogens with zero attached hydrogens (tertiary/aromatic N) is 3. The average molecular weight is 407 g/mol. The van der Waals surface area contributed by atoms with Crippen LogP contribution in [0.15, 0.2) is 65.8 Å². The van der Waals surface area contributed by atoms with Gasteiger partial charge in [-0.2, -0.15) is 5.10 Å². The normalized spacial score (nSPS) is 11.2. The topological polar surface area (TPSA) is 74.9 Å². The van der Waals surface area contributed by atoms with Crippen LogP contribution in [-0.2, 0) is 0 Å². The Bertz CT molecular complexity index is 1060. The van der Waals surface area contributed by atoms with Gasteiger partial charge in [0.05, 0.1) is 43.6 Å². The van der Waals surface area contributed by atoms with E-state index in [1.54, 1.807) is 28.9 Å². The number of para-hydroxylation sites is 2. The molecule has 0 unspecified atom stereocenters. The maximum absolute atomic E-state index is 12.8. The van der Waals surface area contributed by atoms with Crippen molar-refractivity contribution in [1.82, 2.24) is 9.78 Å². The fourth-order valence-corrected chi connectivity index (χ4v) is 2.88. The molecular weight excluding hydrogens is 382 g/mol. The van der Waals surface area contributed by atoms with Crippen molar-refractivity contribution in [3.05, 3.63) is 71.7 Å². The van der Waals surface area contributed by atoms with Crippen LogP contribution in [0, 0.1) is 0 Å². The summed E-state index contributed by atoms with van der Waals surface area (Å²) in [5, 5.41) is 4.83. The van der Waals surface area contributed by atoms with Gasteiger partial charge in [0.2, 0.25) is 5.88 Å². The van der Waals surface area contributed by atoms with Crippen LogP contribution in [0.3, 0.4) is 0 Å². The summed E-state index contributed by atoms with van der Waals surface area (Å²) in [6, 6.07) is 16.5. The summed E-state index contributed by atoms with van der Waals surface area (Å²) in [5.74, 6) is 0.873. The highest BCUT2D eigenvalue weighted by atomic mass is 16.5. The summed E-state index contributed by atoms with van der Waals surface area (Å²) < 4.78 is 18.2. The van der Waals surface area contributed by atoms with Crippen molar-refractivity contribution in [3.63, 3.8) is 0 Å². The van der Waals surface area contributed by atoms with Gasteiger partial charge in [0.25, 0.3) is 5.91 Å². The molecule has 3 rings (SSSR count). The van der Waals surface area contributed by atoms with Crippen LogP contribution in [-0.4, -0.2) is 36.5 Å². The highest BCUT2D eigenvalue weighted by Crippen LogP contribution is 2.31. The number of amides is 1. The molecular formula is C23H25N3O4. The third-order valence-corrected chi connectivity index (χ3v) is 4.40. The molecule has 1 amide bonds. The molecule has 0 atom stereocenters. The molecule has 0 aliphatic rings. The van der Waals surface area contributed by atoms with Crippen molar-refractivity contribution in [1.29, 1.82) is 0 Å². The smallest absolute Gasteiger partial charge is 0.281 e. The molecule has 156 valence electrons. The van der Waals surface area contributed by atoms with Gasteiger partial charge in [-0.1, -0.05) is 37.6 Å². The van der Waals surface area contributed by atoms with Gasteiger partial charge in [-0.25, -0.2) is 9.67 Å². The van der Waals surface area contributed by atoms with Gasteiger partial charge >= 0.3 is 0 Å². The molecule has 0 aliphatic carbocycles. The van der Waals surface area contributed by atoms with E-state index in [9.17, 15) is 4.79 Å². The van der Waals surface area contributed by atoms with Gasteiger partial charge in [-0.05, 0) is 30.7 Å². The van der Waals surface area contributed by atoms with Crippen molar-refractivity contribution in [3.8, 4) is 23.1 Å². The lowest BCUT2D eigenvalue weighted by Gasteiger charge is -2.13. The van der Waals surface area contributed by atoms with E-state index in [0.717, 1.165) is 18.5 Å². The second-order valence-corrected chi connectivity index (χ2v) is 6.46. The summed E-state index contributed by atoms with van der Waals surface area (Å²) in [6.07, 6.45) is 3.46. The molecule has 0 N–H and O–H groups in total. The van der Waals surface area contributed by atoms with E-state index >= 15 is 0 Å². The SMILES string of the molecule is CCCCOc1cc(=NC(=O)c2cccc(OC)c2OC)cnn1-c1ccccc1. The molecule has 3 aromatic rings. The zero-order valence-corrected chi connectivity index (χ0v) is 17.4. The lowest BCUT2D eigenvalue weighted by atomic mass is 10.1. The van der Waals surface area contributed by atoms with Gasteiger partial charge in [-0.3, -0.25) is 4.79 Å². The Hall–Kier alpha value is -3.61. The molecule has 0 saturated heterocycles. The highest BCUT2D eigenvalue weighted by molar-refractivity contribution is 5.98. The van der Waals surface area contributed by atoms with Crippen molar-refractivity contribution in [2.75, 3.05) is 20.8 Å². The number of hydrogen-bond donors (Lipinski definition) is 0. The minimum Gasteiger partial charge on any atom is -0.493 e. The molecule has 2 aromatic carbocycles. The molecule has 0 saturated carbocycles. The van der Waals surface area contributed by atoms with E-state index < -0.39 is 5.91 Å². The first-order chi connectivity index (χ1) is 14.7. The molecule has 30 heavy (non-hydrogen) atoms. The first-order valence-electron chi connectivity index (χ1n) is 9.75. The molecule has 1 heterocycles. The van der Waals surface area contributed by atoms with E-state index in [2.05, 4.69) is 17.0 Å². The van der Waals surface area contributed by atoms with Crippen LogP contribution in [0.5, 0.6) is 17.4 Å². The Morgan fingerprint density at radius 2 is 1.87 bits per heavy atom. The first-order valence-corrected chi connectivity index (χ1v) is 9.75. The number of benzene rings is 2. The quantitative estimate of drug-likeness (QED) is 0.531. The molecule has 7 heteroatoms. The largest absolute Gasteiger partial charge is 0.493 e. The molecule has 1 aromatic heterocycles. The number of methoxy groups -OCH3 is 2. The maximum atomic E-state index is 12.8. The third kappa shape index (κ3) is 4.86. The lowest BCUT2D eigenvalue weighted by Crippen LogP contribution is -2.16. The van der Waals surface area contributed by atoms with Crippen molar-refractivity contribution in [2.45, 2.75) is 19.8 Å². The lowest BCUT2D eigenvalue weighted by molar-refractivity contribution is 0.0994. The van der Waals surface area contributed by atoms with Crippen LogP contribution >= 0.6 is 0 Å². The predicted octanol–water partition coefficient (Wildman–Crippen LogP) is 3.81. The second-order valence-electron chi connectivity index (χ2n) is 6.46. The molecule has 0 radical (unpaired) electrons. The number of rotatable bonds is 8. The number of hydrogen-bond acceptors (Lipinski definition) is 5. The fraction of sp³-hybridized carbons (Fsp3) is 0.261. The molecule has 0 aliphatic heterocycles. The average Bonchev–Trinajstić information content (AvgIpc) is 2.79. The summed E-state index contributed by atoms with van der Waals surface area (Å²) in [6.45, 7) is 2.64. The maximum Gasteiger partial charge on any atom is 0.281 e. The highest BCUT2D eigenvalue weighted by Gasteiger charge is 2.16.